The normalized spacial score (nSPS) is 12.9. The first-order chi connectivity index (χ1) is 23.9. The molecule has 0 fully saturated rings. The zero-order valence-electron chi connectivity index (χ0n) is 32.0. The molecule has 0 aromatic rings. The lowest BCUT2D eigenvalue weighted by Crippen LogP contribution is -2.40. The summed E-state index contributed by atoms with van der Waals surface area (Å²) in [6, 6.07) is -0.871. The molecule has 4 N–H and O–H groups in total. The first kappa shape index (κ1) is 46.9. The second-order valence-corrected chi connectivity index (χ2v) is 14.1. The zero-order chi connectivity index (χ0) is 36.0. The van der Waals surface area contributed by atoms with E-state index in [1.807, 2.05) is 6.08 Å². The summed E-state index contributed by atoms with van der Waals surface area (Å²) in [5.41, 5.74) is 5.47. The molecule has 0 aliphatic heterocycles. The molecule has 0 rings (SSSR count). The maximum atomic E-state index is 12.6. The van der Waals surface area contributed by atoms with Crippen molar-refractivity contribution in [1.82, 2.24) is 5.32 Å². The topological polar surface area (TPSA) is 119 Å². The molecule has 0 radical (unpaired) electrons. The van der Waals surface area contributed by atoms with Gasteiger partial charge in [-0.2, -0.15) is 0 Å². The number of aliphatic carboxylic acids is 1. The number of nitrogens with one attached hydrogen (secondary N) is 1. The van der Waals surface area contributed by atoms with Gasteiger partial charge in [0.1, 0.15) is 12.1 Å². The molecule has 0 saturated heterocycles. The van der Waals surface area contributed by atoms with Gasteiger partial charge in [-0.25, -0.2) is 4.79 Å². The van der Waals surface area contributed by atoms with Crippen molar-refractivity contribution in [3.8, 4) is 0 Å². The fourth-order valence-electron chi connectivity index (χ4n) is 6.11. The molecule has 0 aliphatic carbocycles. The van der Waals surface area contributed by atoms with Gasteiger partial charge in [-0.15, -0.1) is 0 Å². The van der Waals surface area contributed by atoms with Gasteiger partial charge in [0, 0.05) is 12.8 Å². The number of unbranched alkanes of at least 4 members (excludes halogenated alkanes) is 21. The van der Waals surface area contributed by atoms with Crippen molar-refractivity contribution in [2.45, 2.75) is 219 Å². The van der Waals surface area contributed by atoms with E-state index in [2.05, 4.69) is 37.4 Å². The van der Waals surface area contributed by atoms with Crippen LogP contribution in [0.1, 0.15) is 206 Å². The summed E-state index contributed by atoms with van der Waals surface area (Å²) >= 11 is 0. The lowest BCUT2D eigenvalue weighted by atomic mass is 10.0. The van der Waals surface area contributed by atoms with E-state index in [1.54, 1.807) is 0 Å². The molecule has 2 atom stereocenters. The van der Waals surface area contributed by atoms with E-state index in [0.717, 1.165) is 57.8 Å². The van der Waals surface area contributed by atoms with Crippen LogP contribution in [0, 0.1) is 0 Å². The van der Waals surface area contributed by atoms with Gasteiger partial charge < -0.3 is 20.9 Å². The van der Waals surface area contributed by atoms with E-state index in [4.69, 9.17) is 10.5 Å². The van der Waals surface area contributed by atoms with Crippen molar-refractivity contribution >= 4 is 17.8 Å². The van der Waals surface area contributed by atoms with Crippen LogP contribution in [0.2, 0.25) is 0 Å². The number of carbonyl (C=O) groups is 3. The first-order valence-electron chi connectivity index (χ1n) is 20.7. The van der Waals surface area contributed by atoms with E-state index in [9.17, 15) is 19.5 Å². The first-order valence-corrected chi connectivity index (χ1v) is 20.7. The lowest BCUT2D eigenvalue weighted by molar-refractivity contribution is -0.147. The molecule has 0 heterocycles. The number of esters is 1. The smallest absolute Gasteiger partial charge is 0.326 e. The van der Waals surface area contributed by atoms with Crippen LogP contribution < -0.4 is 11.1 Å². The van der Waals surface area contributed by atoms with Gasteiger partial charge in [-0.3, -0.25) is 9.59 Å². The van der Waals surface area contributed by atoms with Gasteiger partial charge in [0.15, 0.2) is 0 Å². The standard InChI is InChI=1S/C42H78N2O5/c1-3-5-7-9-11-12-13-14-15-16-17-18-19-20-21-22-24-30-36-41(46)49-38(32-27-23-10-8-6-4-2)33-28-25-26-29-35-40(45)44-39(42(47)48)34-31-37-43/h8,10,27,32,38-39H,3-7,9,11-26,28-31,33-37,43H2,1-2H3,(H,44,45)(H,47,48)/b10-8-,32-27-. The third-order valence-electron chi connectivity index (χ3n) is 9.23. The molecule has 2 unspecified atom stereocenters. The fourth-order valence-corrected chi connectivity index (χ4v) is 6.11. The Morgan fingerprint density at radius 1 is 0.612 bits per heavy atom. The Balaban J connectivity index is 4.10. The SMILES string of the molecule is CCC/C=C\C/C=C\C(CCCCCCC(=O)NC(CCCN)C(=O)O)OC(=O)CCCCCCCCCCCCCCCCCCCC. The van der Waals surface area contributed by atoms with Crippen molar-refractivity contribution in [3.05, 3.63) is 24.3 Å². The van der Waals surface area contributed by atoms with Crippen LogP contribution in [0.15, 0.2) is 24.3 Å². The summed E-state index contributed by atoms with van der Waals surface area (Å²) in [7, 11) is 0. The molecule has 0 saturated carbocycles. The van der Waals surface area contributed by atoms with Crippen molar-refractivity contribution in [3.63, 3.8) is 0 Å². The fraction of sp³-hybridized carbons (Fsp3) is 0.833. The van der Waals surface area contributed by atoms with Gasteiger partial charge in [-0.1, -0.05) is 160 Å². The van der Waals surface area contributed by atoms with Crippen LogP contribution in [0.4, 0.5) is 0 Å². The van der Waals surface area contributed by atoms with E-state index in [-0.39, 0.29) is 18.0 Å². The van der Waals surface area contributed by atoms with Gasteiger partial charge >= 0.3 is 11.9 Å². The van der Waals surface area contributed by atoms with Gasteiger partial charge in [0.25, 0.3) is 0 Å². The van der Waals surface area contributed by atoms with Crippen molar-refractivity contribution < 1.29 is 24.2 Å². The molecule has 0 bridgehead atoms. The summed E-state index contributed by atoms with van der Waals surface area (Å²) in [5, 5.41) is 11.9. The molecule has 0 aromatic carbocycles. The Kier molecular flexibility index (Phi) is 35.5. The van der Waals surface area contributed by atoms with Crippen LogP contribution in [0.5, 0.6) is 0 Å². The Morgan fingerprint density at radius 3 is 1.63 bits per heavy atom. The molecule has 7 heteroatoms. The summed E-state index contributed by atoms with van der Waals surface area (Å²) in [4.78, 5) is 36.2. The highest BCUT2D eigenvalue weighted by molar-refractivity contribution is 5.83. The predicted octanol–water partition coefficient (Wildman–Crippen LogP) is 11.3. The highest BCUT2D eigenvalue weighted by Crippen LogP contribution is 2.16. The third kappa shape index (κ3) is 34.1. The molecule has 0 spiro atoms. The number of hydrogen-bond donors (Lipinski definition) is 3. The second kappa shape index (κ2) is 37.1. The molecule has 0 aromatic heterocycles. The summed E-state index contributed by atoms with van der Waals surface area (Å²) in [6.45, 7) is 4.85. The summed E-state index contributed by atoms with van der Waals surface area (Å²) in [5.74, 6) is -1.35. The highest BCUT2D eigenvalue weighted by atomic mass is 16.5. The number of amides is 1. The number of carboxylic acid groups (broad SMARTS) is 1. The van der Waals surface area contributed by atoms with Crippen LogP contribution in [-0.4, -0.2) is 41.6 Å². The molecular weight excluding hydrogens is 612 g/mol. The average molecular weight is 691 g/mol. The number of ether oxygens (including phenoxy) is 1. The molecule has 0 aliphatic rings. The van der Waals surface area contributed by atoms with Crippen molar-refractivity contribution in [1.29, 1.82) is 0 Å². The number of rotatable bonds is 37. The monoisotopic (exact) mass is 691 g/mol. The Bertz CT molecular complexity index is 828. The van der Waals surface area contributed by atoms with Crippen molar-refractivity contribution in [2.75, 3.05) is 6.54 Å². The largest absolute Gasteiger partial charge is 0.480 e. The zero-order valence-corrected chi connectivity index (χ0v) is 32.0. The number of allylic oxidation sites excluding steroid dienone is 3. The van der Waals surface area contributed by atoms with Gasteiger partial charge in [0.2, 0.25) is 5.91 Å². The van der Waals surface area contributed by atoms with Crippen LogP contribution in [0.3, 0.4) is 0 Å². The van der Waals surface area contributed by atoms with E-state index in [0.29, 0.717) is 38.6 Å². The summed E-state index contributed by atoms with van der Waals surface area (Å²) < 4.78 is 5.88. The number of carboxylic acids is 1. The maximum Gasteiger partial charge on any atom is 0.326 e. The highest BCUT2D eigenvalue weighted by Gasteiger charge is 2.19. The number of hydrogen-bond acceptors (Lipinski definition) is 5. The van der Waals surface area contributed by atoms with Crippen molar-refractivity contribution in [2.24, 2.45) is 5.73 Å². The quantitative estimate of drug-likeness (QED) is 0.0339. The average Bonchev–Trinajstić information content (AvgIpc) is 3.08. The van der Waals surface area contributed by atoms with Crippen LogP contribution in [-0.2, 0) is 19.1 Å². The van der Waals surface area contributed by atoms with Gasteiger partial charge in [0.05, 0.1) is 0 Å². The Morgan fingerprint density at radius 2 is 1.12 bits per heavy atom. The summed E-state index contributed by atoms with van der Waals surface area (Å²) in [6.07, 6.45) is 41.1. The Labute approximate surface area is 302 Å². The van der Waals surface area contributed by atoms with Crippen LogP contribution >= 0.6 is 0 Å². The molecule has 7 nitrogen and oxygen atoms in total. The molecule has 49 heavy (non-hydrogen) atoms. The second-order valence-electron chi connectivity index (χ2n) is 14.1. The lowest BCUT2D eigenvalue weighted by Gasteiger charge is -2.15. The minimum absolute atomic E-state index is 0.105. The van der Waals surface area contributed by atoms with Crippen LogP contribution in [0.25, 0.3) is 0 Å². The minimum atomic E-state index is -1.02. The van der Waals surface area contributed by atoms with E-state index in [1.165, 1.54) is 103 Å². The minimum Gasteiger partial charge on any atom is -0.480 e. The van der Waals surface area contributed by atoms with E-state index >= 15 is 0 Å². The maximum absolute atomic E-state index is 12.6. The Hall–Kier alpha value is -2.15. The number of nitrogens with two attached hydrogens (primary N) is 1. The molecule has 286 valence electrons. The number of carbonyl (C=O) groups excluding carboxylic acids is 2. The predicted molar refractivity (Wildman–Crippen MR) is 207 cm³/mol. The van der Waals surface area contributed by atoms with E-state index < -0.39 is 12.0 Å². The molecular formula is C42H78N2O5. The molecule has 1 amide bonds. The third-order valence-corrected chi connectivity index (χ3v) is 9.23. The van der Waals surface area contributed by atoms with Gasteiger partial charge in [-0.05, 0) is 64.0 Å².